The Hall–Kier alpha value is -1.23. The number of hydrogen-bond donors (Lipinski definition) is 0. The highest BCUT2D eigenvalue weighted by Gasteiger charge is 2.52. The number of hydrogen-bond acceptors (Lipinski definition) is 2. The van der Waals surface area contributed by atoms with Crippen molar-refractivity contribution in [1.82, 2.24) is 0 Å². The van der Waals surface area contributed by atoms with Crippen LogP contribution in [0.25, 0.3) is 0 Å². The summed E-state index contributed by atoms with van der Waals surface area (Å²) < 4.78 is 5.27. The monoisotopic (exact) mass is 220 g/mol. The average molecular weight is 220 g/mol. The molecule has 1 aliphatic rings. The van der Waals surface area contributed by atoms with E-state index in [2.05, 4.69) is 25.8 Å². The number of carbonyl (C=O) groups excluding carboxylic acids is 1. The van der Waals surface area contributed by atoms with Crippen molar-refractivity contribution in [1.29, 1.82) is 0 Å². The molecular weight excluding hydrogens is 200 g/mol. The molecule has 0 aromatic rings. The Bertz CT molecular complexity index is 348. The van der Waals surface area contributed by atoms with Gasteiger partial charge in [-0.2, -0.15) is 0 Å². The van der Waals surface area contributed by atoms with Crippen LogP contribution in [0.15, 0.2) is 11.6 Å². The fraction of sp³-hybridized carbons (Fsp3) is 0.643. The molecule has 0 aromatic carbocycles. The lowest BCUT2D eigenvalue weighted by Gasteiger charge is -2.23. The highest BCUT2D eigenvalue weighted by molar-refractivity contribution is 5.67. The van der Waals surface area contributed by atoms with Crippen LogP contribution in [0, 0.1) is 24.2 Å². The van der Waals surface area contributed by atoms with E-state index in [0.717, 1.165) is 12.8 Å². The molecule has 0 bridgehead atoms. The molecule has 88 valence electrons. The Labute approximate surface area is 98.1 Å². The third-order valence-corrected chi connectivity index (χ3v) is 3.25. The van der Waals surface area contributed by atoms with Gasteiger partial charge in [0.15, 0.2) is 5.60 Å². The second-order valence-electron chi connectivity index (χ2n) is 4.65. The molecule has 0 saturated heterocycles. The molecule has 0 aliphatic heterocycles. The van der Waals surface area contributed by atoms with Gasteiger partial charge in [0.25, 0.3) is 0 Å². The Morgan fingerprint density at radius 2 is 2.25 bits per heavy atom. The predicted octanol–water partition coefficient (Wildman–Crippen LogP) is 2.93. The molecule has 0 spiro atoms. The molecule has 0 N–H and O–H groups in total. The molecule has 1 aliphatic carbocycles. The van der Waals surface area contributed by atoms with Crippen LogP contribution >= 0.6 is 0 Å². The minimum Gasteiger partial charge on any atom is -0.446 e. The highest BCUT2D eigenvalue weighted by atomic mass is 16.6. The summed E-state index contributed by atoms with van der Waals surface area (Å²) in [6.45, 7) is 7.48. The number of carbonyl (C=O) groups is 1. The van der Waals surface area contributed by atoms with E-state index in [1.807, 2.05) is 6.92 Å². The topological polar surface area (TPSA) is 26.3 Å². The molecule has 2 heteroatoms. The van der Waals surface area contributed by atoms with Gasteiger partial charge in [0, 0.05) is 12.8 Å². The zero-order valence-electron chi connectivity index (χ0n) is 10.5. The molecule has 0 aromatic heterocycles. The van der Waals surface area contributed by atoms with Crippen molar-refractivity contribution in [2.45, 2.75) is 46.1 Å². The third-order valence-electron chi connectivity index (χ3n) is 3.25. The average Bonchev–Trinajstić information content (AvgIpc) is 2.96. The Morgan fingerprint density at radius 1 is 1.62 bits per heavy atom. The van der Waals surface area contributed by atoms with E-state index in [0.29, 0.717) is 5.92 Å². The van der Waals surface area contributed by atoms with Gasteiger partial charge in [-0.05, 0) is 32.6 Å². The fourth-order valence-corrected chi connectivity index (χ4v) is 2.29. The number of terminal acetylenes is 1. The van der Waals surface area contributed by atoms with Crippen molar-refractivity contribution in [3.63, 3.8) is 0 Å². The first kappa shape index (κ1) is 12.8. The number of esters is 1. The summed E-state index contributed by atoms with van der Waals surface area (Å²) in [5.74, 6) is 3.09. The molecule has 2 nitrogen and oxygen atoms in total. The van der Waals surface area contributed by atoms with Gasteiger partial charge in [0.05, 0.1) is 0 Å². The summed E-state index contributed by atoms with van der Waals surface area (Å²) in [6.07, 6.45) is 9.76. The Morgan fingerprint density at radius 3 is 2.69 bits per heavy atom. The van der Waals surface area contributed by atoms with E-state index >= 15 is 0 Å². The van der Waals surface area contributed by atoms with Crippen LogP contribution < -0.4 is 0 Å². The smallest absolute Gasteiger partial charge is 0.304 e. The van der Waals surface area contributed by atoms with Crippen molar-refractivity contribution >= 4 is 5.97 Å². The molecule has 1 saturated carbocycles. The second-order valence-corrected chi connectivity index (χ2v) is 4.65. The molecule has 1 fully saturated rings. The largest absolute Gasteiger partial charge is 0.446 e. The zero-order valence-corrected chi connectivity index (χ0v) is 10.5. The second kappa shape index (κ2) is 4.74. The molecule has 1 rings (SSSR count). The summed E-state index contributed by atoms with van der Waals surface area (Å²) in [5.41, 5.74) is 0.625. The summed E-state index contributed by atoms with van der Waals surface area (Å²) in [4.78, 5) is 11.0. The van der Waals surface area contributed by atoms with Crippen LogP contribution in [0.2, 0.25) is 0 Å². The minimum atomic E-state index is -0.737. The van der Waals surface area contributed by atoms with Crippen molar-refractivity contribution in [2.24, 2.45) is 11.8 Å². The molecule has 3 atom stereocenters. The van der Waals surface area contributed by atoms with Crippen molar-refractivity contribution < 1.29 is 9.53 Å². The van der Waals surface area contributed by atoms with Gasteiger partial charge in [0.2, 0.25) is 0 Å². The van der Waals surface area contributed by atoms with Crippen LogP contribution in [0.1, 0.15) is 40.5 Å². The number of ether oxygens (including phenoxy) is 1. The zero-order chi connectivity index (χ0) is 12.3. The summed E-state index contributed by atoms with van der Waals surface area (Å²) in [7, 11) is 0. The van der Waals surface area contributed by atoms with Gasteiger partial charge in [-0.1, -0.05) is 24.5 Å². The first-order valence-corrected chi connectivity index (χ1v) is 5.78. The number of rotatable bonds is 4. The van der Waals surface area contributed by atoms with Gasteiger partial charge >= 0.3 is 5.97 Å². The predicted molar refractivity (Wildman–Crippen MR) is 64.6 cm³/mol. The summed E-state index contributed by atoms with van der Waals surface area (Å²) >= 11 is 0. The number of allylic oxidation sites excluding steroid dienone is 2. The van der Waals surface area contributed by atoms with Crippen LogP contribution in [0.3, 0.4) is 0 Å². The first-order chi connectivity index (χ1) is 7.44. The quantitative estimate of drug-likeness (QED) is 0.413. The fourth-order valence-electron chi connectivity index (χ4n) is 2.29. The van der Waals surface area contributed by atoms with Gasteiger partial charge in [-0.15, -0.1) is 6.42 Å². The SMILES string of the molecule is C#CC(C)(OC(C)=O)[C@@H]1C[C@H]1/C(C)=C/CC. The lowest BCUT2D eigenvalue weighted by Crippen LogP contribution is -2.32. The van der Waals surface area contributed by atoms with Gasteiger partial charge < -0.3 is 4.74 Å². The summed E-state index contributed by atoms with van der Waals surface area (Å²) in [5, 5.41) is 0. The van der Waals surface area contributed by atoms with E-state index < -0.39 is 5.60 Å². The van der Waals surface area contributed by atoms with Crippen molar-refractivity contribution in [2.75, 3.05) is 0 Å². The lowest BCUT2D eigenvalue weighted by molar-refractivity contribution is -0.151. The lowest BCUT2D eigenvalue weighted by atomic mass is 9.97. The normalized spacial score (nSPS) is 27.8. The third kappa shape index (κ3) is 2.66. The molecule has 0 radical (unpaired) electrons. The van der Waals surface area contributed by atoms with E-state index in [-0.39, 0.29) is 11.9 Å². The maximum absolute atomic E-state index is 11.0. The van der Waals surface area contributed by atoms with E-state index in [9.17, 15) is 4.79 Å². The summed E-state index contributed by atoms with van der Waals surface area (Å²) in [6, 6.07) is 0. The minimum absolute atomic E-state index is 0.282. The van der Waals surface area contributed by atoms with Gasteiger partial charge in [-0.25, -0.2) is 0 Å². The molecule has 16 heavy (non-hydrogen) atoms. The van der Waals surface area contributed by atoms with Gasteiger partial charge in [0.1, 0.15) is 0 Å². The maximum atomic E-state index is 11.0. The molecule has 0 heterocycles. The van der Waals surface area contributed by atoms with Crippen LogP contribution in [-0.4, -0.2) is 11.6 Å². The van der Waals surface area contributed by atoms with E-state index in [1.165, 1.54) is 12.5 Å². The van der Waals surface area contributed by atoms with Crippen LogP contribution in [0.4, 0.5) is 0 Å². The van der Waals surface area contributed by atoms with Crippen molar-refractivity contribution in [3.8, 4) is 12.3 Å². The van der Waals surface area contributed by atoms with Gasteiger partial charge in [-0.3, -0.25) is 4.79 Å². The molecule has 1 unspecified atom stereocenters. The maximum Gasteiger partial charge on any atom is 0.304 e. The molecular formula is C14H20O2. The Kier molecular flexibility index (Phi) is 3.80. The van der Waals surface area contributed by atoms with E-state index in [4.69, 9.17) is 11.2 Å². The van der Waals surface area contributed by atoms with Crippen LogP contribution in [0.5, 0.6) is 0 Å². The van der Waals surface area contributed by atoms with E-state index in [1.54, 1.807) is 0 Å². The highest BCUT2D eigenvalue weighted by Crippen LogP contribution is 2.51. The molecule has 0 amide bonds. The standard InChI is InChI=1S/C14H20O2/c1-6-8-10(3)12-9-13(12)14(5,7-2)16-11(4)15/h2,8,12-13H,6,9H2,1,3-5H3/b10-8+/t12-,13+,14?/m0/s1. The Balaban J connectivity index is 2.70. The van der Waals surface area contributed by atoms with Crippen LogP contribution in [-0.2, 0) is 9.53 Å². The first-order valence-electron chi connectivity index (χ1n) is 5.78. The van der Waals surface area contributed by atoms with Crippen molar-refractivity contribution in [3.05, 3.63) is 11.6 Å².